The van der Waals surface area contributed by atoms with Crippen LogP contribution in [-0.4, -0.2) is 12.6 Å². The Kier molecular flexibility index (Phi) is 1.81. The zero-order valence-electron chi connectivity index (χ0n) is 9.60. The van der Waals surface area contributed by atoms with Crippen molar-refractivity contribution in [1.29, 1.82) is 0 Å². The Morgan fingerprint density at radius 2 is 2.00 bits per heavy atom. The average Bonchev–Trinajstić information content (AvgIpc) is 2.94. The lowest BCUT2D eigenvalue weighted by Gasteiger charge is -2.17. The number of nitrogens with one attached hydrogen (secondary N) is 1. The molecule has 3 aliphatic carbocycles. The lowest BCUT2D eigenvalue weighted by Crippen LogP contribution is -2.21. The van der Waals surface area contributed by atoms with Crippen LogP contribution in [0.5, 0.6) is 0 Å². The van der Waals surface area contributed by atoms with E-state index in [4.69, 9.17) is 0 Å². The van der Waals surface area contributed by atoms with Crippen LogP contribution < -0.4 is 5.32 Å². The number of rotatable bonds is 3. The van der Waals surface area contributed by atoms with Gasteiger partial charge in [-0.1, -0.05) is 13.8 Å². The van der Waals surface area contributed by atoms with Crippen LogP contribution in [0.2, 0.25) is 0 Å². The Labute approximate surface area is 87.7 Å². The van der Waals surface area contributed by atoms with Crippen LogP contribution in [0.25, 0.3) is 0 Å². The van der Waals surface area contributed by atoms with E-state index in [-0.39, 0.29) is 0 Å². The minimum absolute atomic E-state index is 0.647. The molecule has 0 aromatic rings. The summed E-state index contributed by atoms with van der Waals surface area (Å²) < 4.78 is 0. The molecule has 0 amide bonds. The molecule has 1 heteroatoms. The second-order valence-corrected chi connectivity index (χ2v) is 6.79. The molecule has 0 bridgehead atoms. The molecule has 1 N–H and O–H groups in total. The van der Waals surface area contributed by atoms with Gasteiger partial charge in [0.15, 0.2) is 0 Å². The smallest absolute Gasteiger partial charge is 0.00683 e. The number of hydrogen-bond donors (Lipinski definition) is 1. The highest BCUT2D eigenvalue weighted by Gasteiger charge is 2.58. The van der Waals surface area contributed by atoms with Gasteiger partial charge in [0.05, 0.1) is 0 Å². The topological polar surface area (TPSA) is 12.0 Å². The normalized spacial score (nSPS) is 44.6. The summed E-state index contributed by atoms with van der Waals surface area (Å²) in [5.74, 6) is 1.03. The first-order valence-corrected chi connectivity index (χ1v) is 6.33. The maximum absolute atomic E-state index is 3.70. The molecule has 0 aromatic carbocycles. The molecule has 1 spiro atoms. The van der Waals surface area contributed by atoms with Crippen molar-refractivity contribution in [3.05, 3.63) is 0 Å². The van der Waals surface area contributed by atoms with Gasteiger partial charge in [0, 0.05) is 6.04 Å². The van der Waals surface area contributed by atoms with E-state index in [0.29, 0.717) is 5.41 Å². The summed E-state index contributed by atoms with van der Waals surface area (Å²) in [4.78, 5) is 0. The van der Waals surface area contributed by atoms with Crippen LogP contribution in [0.15, 0.2) is 0 Å². The molecule has 0 aromatic heterocycles. The molecule has 80 valence electrons. The number of hydrogen-bond acceptors (Lipinski definition) is 1. The average molecular weight is 193 g/mol. The van der Waals surface area contributed by atoms with Gasteiger partial charge >= 0.3 is 0 Å². The van der Waals surface area contributed by atoms with Gasteiger partial charge in [-0.3, -0.25) is 0 Å². The zero-order valence-corrected chi connectivity index (χ0v) is 9.60. The quantitative estimate of drug-likeness (QED) is 0.726. The standard InChI is InChI=1S/C13H23N/c1-12(2)5-6-13(9-12)7-10(13)8-14-11-3-4-11/h10-11,14H,3-9H2,1-2H3. The van der Waals surface area contributed by atoms with Crippen molar-refractivity contribution in [1.82, 2.24) is 5.32 Å². The minimum atomic E-state index is 0.647. The fourth-order valence-electron chi connectivity index (χ4n) is 3.56. The molecular formula is C13H23N. The summed E-state index contributed by atoms with van der Waals surface area (Å²) >= 11 is 0. The summed E-state index contributed by atoms with van der Waals surface area (Å²) in [6.45, 7) is 6.22. The van der Waals surface area contributed by atoms with Crippen molar-refractivity contribution >= 4 is 0 Å². The molecule has 2 unspecified atom stereocenters. The predicted molar refractivity (Wildman–Crippen MR) is 59.2 cm³/mol. The molecule has 3 aliphatic rings. The van der Waals surface area contributed by atoms with E-state index in [1.165, 1.54) is 45.1 Å². The van der Waals surface area contributed by atoms with Crippen molar-refractivity contribution in [2.24, 2.45) is 16.7 Å². The van der Waals surface area contributed by atoms with E-state index in [9.17, 15) is 0 Å². The lowest BCUT2D eigenvalue weighted by molar-refractivity contribution is 0.340. The second kappa shape index (κ2) is 2.75. The zero-order chi connectivity index (χ0) is 9.81. The highest BCUT2D eigenvalue weighted by atomic mass is 15.0. The third kappa shape index (κ3) is 1.60. The van der Waals surface area contributed by atoms with Gasteiger partial charge in [-0.2, -0.15) is 0 Å². The summed E-state index contributed by atoms with van der Waals surface area (Å²) in [6, 6.07) is 0.905. The van der Waals surface area contributed by atoms with Gasteiger partial charge in [-0.25, -0.2) is 0 Å². The van der Waals surface area contributed by atoms with Gasteiger partial charge in [0.1, 0.15) is 0 Å². The minimum Gasteiger partial charge on any atom is -0.314 e. The van der Waals surface area contributed by atoms with Gasteiger partial charge in [-0.05, 0) is 61.8 Å². The van der Waals surface area contributed by atoms with Crippen molar-refractivity contribution in [2.45, 2.75) is 58.4 Å². The molecule has 2 atom stereocenters. The van der Waals surface area contributed by atoms with E-state index in [2.05, 4.69) is 19.2 Å². The molecule has 3 saturated carbocycles. The van der Waals surface area contributed by atoms with Gasteiger partial charge in [-0.15, -0.1) is 0 Å². The maximum atomic E-state index is 3.70. The molecule has 3 fully saturated rings. The fourth-order valence-corrected chi connectivity index (χ4v) is 3.56. The van der Waals surface area contributed by atoms with Crippen molar-refractivity contribution in [3.8, 4) is 0 Å². The second-order valence-electron chi connectivity index (χ2n) is 6.79. The van der Waals surface area contributed by atoms with Crippen LogP contribution in [0, 0.1) is 16.7 Å². The molecule has 0 aliphatic heterocycles. The third-order valence-corrected chi connectivity index (χ3v) is 4.72. The van der Waals surface area contributed by atoms with Gasteiger partial charge in [0.2, 0.25) is 0 Å². The van der Waals surface area contributed by atoms with Gasteiger partial charge < -0.3 is 5.32 Å². The Bertz CT molecular complexity index is 242. The molecule has 0 saturated heterocycles. The largest absolute Gasteiger partial charge is 0.314 e. The molecule has 0 radical (unpaired) electrons. The van der Waals surface area contributed by atoms with Crippen LogP contribution >= 0.6 is 0 Å². The van der Waals surface area contributed by atoms with Gasteiger partial charge in [0.25, 0.3) is 0 Å². The molecular weight excluding hydrogens is 170 g/mol. The Balaban J connectivity index is 1.51. The first kappa shape index (κ1) is 9.21. The van der Waals surface area contributed by atoms with Crippen LogP contribution in [0.3, 0.4) is 0 Å². The molecule has 14 heavy (non-hydrogen) atoms. The molecule has 1 nitrogen and oxygen atoms in total. The summed E-state index contributed by atoms with van der Waals surface area (Å²) in [7, 11) is 0. The summed E-state index contributed by atoms with van der Waals surface area (Å²) in [5.41, 5.74) is 1.44. The van der Waals surface area contributed by atoms with E-state index >= 15 is 0 Å². The third-order valence-electron chi connectivity index (χ3n) is 4.72. The van der Waals surface area contributed by atoms with Crippen LogP contribution in [-0.2, 0) is 0 Å². The van der Waals surface area contributed by atoms with Crippen LogP contribution in [0.1, 0.15) is 52.4 Å². The first-order chi connectivity index (χ1) is 6.60. The summed E-state index contributed by atoms with van der Waals surface area (Å²) in [5, 5.41) is 3.70. The first-order valence-electron chi connectivity index (χ1n) is 6.33. The summed E-state index contributed by atoms with van der Waals surface area (Å²) in [6.07, 6.45) is 8.87. The Morgan fingerprint density at radius 1 is 1.21 bits per heavy atom. The Hall–Kier alpha value is -0.0400. The highest BCUT2D eigenvalue weighted by Crippen LogP contribution is 2.67. The predicted octanol–water partition coefficient (Wildman–Crippen LogP) is 2.95. The van der Waals surface area contributed by atoms with Crippen molar-refractivity contribution in [3.63, 3.8) is 0 Å². The lowest BCUT2D eigenvalue weighted by atomic mass is 9.89. The van der Waals surface area contributed by atoms with Crippen LogP contribution in [0.4, 0.5) is 0 Å². The van der Waals surface area contributed by atoms with Crippen molar-refractivity contribution in [2.75, 3.05) is 6.54 Å². The van der Waals surface area contributed by atoms with Crippen molar-refractivity contribution < 1.29 is 0 Å². The molecule has 0 heterocycles. The van der Waals surface area contributed by atoms with E-state index < -0.39 is 0 Å². The maximum Gasteiger partial charge on any atom is 0.00683 e. The van der Waals surface area contributed by atoms with E-state index in [0.717, 1.165) is 17.4 Å². The fraction of sp³-hybridized carbons (Fsp3) is 1.00. The highest BCUT2D eigenvalue weighted by molar-refractivity contribution is 5.09. The van der Waals surface area contributed by atoms with E-state index in [1.54, 1.807) is 0 Å². The SMILES string of the molecule is CC1(C)CCC2(CC2CNC2CC2)C1. The monoisotopic (exact) mass is 193 g/mol. The van der Waals surface area contributed by atoms with E-state index in [1.807, 2.05) is 0 Å². The Morgan fingerprint density at radius 3 is 2.57 bits per heavy atom. The molecule has 3 rings (SSSR count).